The second-order valence-corrected chi connectivity index (χ2v) is 5.12. The number of thioether (sulfide) groups is 1. The molecule has 2 N–H and O–H groups in total. The van der Waals surface area contributed by atoms with Crippen LogP contribution in [0.3, 0.4) is 0 Å². The Bertz CT molecular complexity index is 361. The molecule has 1 aliphatic heterocycles. The molecule has 6 heteroatoms. The molecular formula is C10H14N2O3S. The zero-order chi connectivity index (χ0) is 11.4. The van der Waals surface area contributed by atoms with Crippen molar-refractivity contribution < 1.29 is 14.3 Å². The van der Waals surface area contributed by atoms with Crippen LogP contribution in [-0.2, 0) is 0 Å². The van der Waals surface area contributed by atoms with Crippen molar-refractivity contribution in [3.05, 3.63) is 12.0 Å². The van der Waals surface area contributed by atoms with Gasteiger partial charge in [0.2, 0.25) is 0 Å². The first-order valence-electron chi connectivity index (χ1n) is 5.30. The van der Waals surface area contributed by atoms with Crippen molar-refractivity contribution in [2.75, 3.05) is 17.6 Å². The van der Waals surface area contributed by atoms with E-state index in [1.807, 2.05) is 11.8 Å². The molecule has 1 fully saturated rings. The number of carboxylic acids is 1. The van der Waals surface area contributed by atoms with Gasteiger partial charge in [0.25, 0.3) is 6.01 Å². The summed E-state index contributed by atoms with van der Waals surface area (Å²) in [4.78, 5) is 14.4. The Hall–Kier alpha value is -1.17. The summed E-state index contributed by atoms with van der Waals surface area (Å²) >= 11 is 1.95. The lowest BCUT2D eigenvalue weighted by molar-refractivity contribution is 0.0690. The third-order valence-corrected chi connectivity index (χ3v) is 3.88. The lowest BCUT2D eigenvalue weighted by Crippen LogP contribution is -2.20. The zero-order valence-corrected chi connectivity index (χ0v) is 9.63. The normalized spacial score (nSPS) is 20.6. The Morgan fingerprint density at radius 2 is 2.56 bits per heavy atom. The molecule has 1 aromatic heterocycles. The first-order valence-corrected chi connectivity index (χ1v) is 6.35. The summed E-state index contributed by atoms with van der Waals surface area (Å²) in [6.07, 6.45) is 4.91. The highest BCUT2D eigenvalue weighted by atomic mass is 32.2. The summed E-state index contributed by atoms with van der Waals surface area (Å²) in [7, 11) is 0. The minimum atomic E-state index is -1.07. The van der Waals surface area contributed by atoms with E-state index in [1.165, 1.54) is 25.0 Å². The number of aromatic nitrogens is 1. The monoisotopic (exact) mass is 242 g/mol. The van der Waals surface area contributed by atoms with E-state index in [-0.39, 0.29) is 5.69 Å². The first kappa shape index (κ1) is 11.3. The predicted octanol–water partition coefficient (Wildman–Crippen LogP) is 2.07. The van der Waals surface area contributed by atoms with Crippen LogP contribution in [0.15, 0.2) is 10.7 Å². The number of aromatic carboxylic acids is 1. The molecule has 0 aromatic carbocycles. The van der Waals surface area contributed by atoms with Gasteiger partial charge in [-0.2, -0.15) is 16.7 Å². The van der Waals surface area contributed by atoms with Crippen LogP contribution in [0.4, 0.5) is 6.01 Å². The lowest BCUT2D eigenvalue weighted by Gasteiger charge is -2.20. The highest BCUT2D eigenvalue weighted by Crippen LogP contribution is 2.25. The molecule has 2 heterocycles. The van der Waals surface area contributed by atoms with Crippen molar-refractivity contribution in [1.29, 1.82) is 0 Å². The maximum atomic E-state index is 10.6. The van der Waals surface area contributed by atoms with E-state index >= 15 is 0 Å². The molecule has 88 valence electrons. The van der Waals surface area contributed by atoms with Gasteiger partial charge in [0, 0.05) is 11.8 Å². The third kappa shape index (κ3) is 2.91. The molecule has 0 saturated carbocycles. The summed E-state index contributed by atoms with van der Waals surface area (Å²) in [6, 6.07) is 0.295. The summed E-state index contributed by atoms with van der Waals surface area (Å²) in [6.45, 7) is 0.782. The highest BCUT2D eigenvalue weighted by Gasteiger charge is 2.15. The Balaban J connectivity index is 1.81. The maximum Gasteiger partial charge on any atom is 0.357 e. The zero-order valence-electron chi connectivity index (χ0n) is 8.81. The largest absolute Gasteiger partial charge is 0.476 e. The number of rotatable bonds is 4. The number of oxazole rings is 1. The van der Waals surface area contributed by atoms with Gasteiger partial charge < -0.3 is 14.8 Å². The van der Waals surface area contributed by atoms with Gasteiger partial charge in [0.05, 0.1) is 0 Å². The van der Waals surface area contributed by atoms with E-state index < -0.39 is 5.97 Å². The molecule has 0 bridgehead atoms. The summed E-state index contributed by atoms with van der Waals surface area (Å²) in [5.41, 5.74) is -0.0567. The van der Waals surface area contributed by atoms with Crippen molar-refractivity contribution in [1.82, 2.24) is 4.98 Å². The van der Waals surface area contributed by atoms with Gasteiger partial charge in [-0.25, -0.2) is 4.79 Å². The minimum Gasteiger partial charge on any atom is -0.476 e. The van der Waals surface area contributed by atoms with Crippen LogP contribution in [0, 0.1) is 0 Å². The van der Waals surface area contributed by atoms with Crippen molar-refractivity contribution >= 4 is 23.7 Å². The van der Waals surface area contributed by atoms with Crippen molar-refractivity contribution in [2.45, 2.75) is 24.5 Å². The van der Waals surface area contributed by atoms with Gasteiger partial charge in [-0.05, 0) is 18.6 Å². The molecule has 1 aromatic rings. The molecule has 1 unspecified atom stereocenters. The van der Waals surface area contributed by atoms with Gasteiger partial charge in [-0.15, -0.1) is 0 Å². The maximum absolute atomic E-state index is 10.6. The molecule has 1 aliphatic rings. The van der Waals surface area contributed by atoms with Crippen LogP contribution >= 0.6 is 11.8 Å². The molecule has 2 rings (SSSR count). The molecule has 5 nitrogen and oxygen atoms in total. The Labute approximate surface area is 97.6 Å². The van der Waals surface area contributed by atoms with E-state index in [9.17, 15) is 4.79 Å². The first-order chi connectivity index (χ1) is 7.75. The average Bonchev–Trinajstić information content (AvgIpc) is 2.76. The van der Waals surface area contributed by atoms with Crippen LogP contribution in [0.25, 0.3) is 0 Å². The van der Waals surface area contributed by atoms with Crippen LogP contribution in [-0.4, -0.2) is 33.6 Å². The van der Waals surface area contributed by atoms with E-state index in [1.54, 1.807) is 0 Å². The number of hydrogen-bond acceptors (Lipinski definition) is 5. The van der Waals surface area contributed by atoms with Gasteiger partial charge in [0.15, 0.2) is 5.69 Å². The van der Waals surface area contributed by atoms with Crippen LogP contribution < -0.4 is 5.32 Å². The standard InChI is InChI=1S/C10H14N2O3S/c13-9(14)8-6-15-10(12-8)11-5-7-3-1-2-4-16-7/h6-7H,1-5H2,(H,11,12)(H,13,14). The van der Waals surface area contributed by atoms with Crippen LogP contribution in [0.1, 0.15) is 29.8 Å². The molecule has 16 heavy (non-hydrogen) atoms. The minimum absolute atomic E-state index is 0.0567. The van der Waals surface area contributed by atoms with Gasteiger partial charge in [-0.1, -0.05) is 6.42 Å². The SMILES string of the molecule is O=C(O)c1coc(NCC2CCCCS2)n1. The second kappa shape index (κ2) is 5.25. The summed E-state index contributed by atoms with van der Waals surface area (Å²) < 4.78 is 5.00. The predicted molar refractivity (Wildman–Crippen MR) is 62.0 cm³/mol. The summed E-state index contributed by atoms with van der Waals surface area (Å²) in [5, 5.41) is 12.3. The van der Waals surface area contributed by atoms with E-state index in [0.717, 1.165) is 12.8 Å². The van der Waals surface area contributed by atoms with Gasteiger partial charge in [0.1, 0.15) is 6.26 Å². The van der Waals surface area contributed by atoms with E-state index in [4.69, 9.17) is 9.52 Å². The Kier molecular flexibility index (Phi) is 3.71. The molecule has 0 aliphatic carbocycles. The van der Waals surface area contributed by atoms with Gasteiger partial charge >= 0.3 is 5.97 Å². The number of nitrogens with zero attached hydrogens (tertiary/aromatic N) is 1. The molecular weight excluding hydrogens is 228 g/mol. The van der Waals surface area contributed by atoms with E-state index in [2.05, 4.69) is 10.3 Å². The van der Waals surface area contributed by atoms with Crippen LogP contribution in [0.5, 0.6) is 0 Å². The third-order valence-electron chi connectivity index (χ3n) is 2.48. The topological polar surface area (TPSA) is 75.4 Å². The van der Waals surface area contributed by atoms with Crippen LogP contribution in [0.2, 0.25) is 0 Å². The van der Waals surface area contributed by atoms with Crippen molar-refractivity contribution in [3.63, 3.8) is 0 Å². The summed E-state index contributed by atoms with van der Waals surface area (Å²) in [5.74, 6) is 0.141. The Morgan fingerprint density at radius 1 is 1.69 bits per heavy atom. The number of carboxylic acid groups (broad SMARTS) is 1. The fraction of sp³-hybridized carbons (Fsp3) is 0.600. The number of nitrogens with one attached hydrogen (secondary N) is 1. The van der Waals surface area contributed by atoms with Gasteiger partial charge in [-0.3, -0.25) is 0 Å². The van der Waals surface area contributed by atoms with Crippen molar-refractivity contribution in [2.24, 2.45) is 0 Å². The lowest BCUT2D eigenvalue weighted by atomic mass is 10.2. The quantitative estimate of drug-likeness (QED) is 0.841. The fourth-order valence-electron chi connectivity index (χ4n) is 1.62. The average molecular weight is 242 g/mol. The molecule has 0 spiro atoms. The molecule has 0 radical (unpaired) electrons. The fourth-order valence-corrected chi connectivity index (χ4v) is 2.86. The molecule has 1 atom stereocenters. The van der Waals surface area contributed by atoms with Crippen molar-refractivity contribution in [3.8, 4) is 0 Å². The smallest absolute Gasteiger partial charge is 0.357 e. The van der Waals surface area contributed by atoms with E-state index in [0.29, 0.717) is 11.3 Å². The number of hydrogen-bond donors (Lipinski definition) is 2. The number of carbonyl (C=O) groups is 1. The molecule has 1 saturated heterocycles. The second-order valence-electron chi connectivity index (χ2n) is 3.71. The Morgan fingerprint density at radius 3 is 3.19 bits per heavy atom. The number of anilines is 1. The highest BCUT2D eigenvalue weighted by molar-refractivity contribution is 7.99. The molecule has 0 amide bonds.